The molecule has 1 saturated heterocycles. The normalized spacial score (nSPS) is 22.8. The summed E-state index contributed by atoms with van der Waals surface area (Å²) in [5, 5.41) is 4.26. The van der Waals surface area contributed by atoms with Gasteiger partial charge in [0.1, 0.15) is 13.2 Å². The van der Waals surface area contributed by atoms with Gasteiger partial charge in [0.25, 0.3) is 0 Å². The van der Waals surface area contributed by atoms with Crippen molar-refractivity contribution < 1.29 is 9.47 Å². The average Bonchev–Trinajstić information content (AvgIpc) is 2.83. The van der Waals surface area contributed by atoms with Crippen molar-refractivity contribution in [1.82, 2.24) is 5.32 Å². The van der Waals surface area contributed by atoms with Crippen molar-refractivity contribution in [3.8, 4) is 11.5 Å². The van der Waals surface area contributed by atoms with Crippen LogP contribution in [0.4, 0.5) is 0 Å². The Kier molecular flexibility index (Phi) is 3.12. The van der Waals surface area contributed by atoms with Gasteiger partial charge in [-0.15, -0.1) is 0 Å². The third-order valence-electron chi connectivity index (χ3n) is 3.34. The summed E-state index contributed by atoms with van der Waals surface area (Å²) in [6.45, 7) is 2.34. The Morgan fingerprint density at radius 1 is 1.24 bits per heavy atom. The molecule has 92 valence electrons. The molecule has 0 spiro atoms. The molecule has 0 radical (unpaired) electrons. The largest absolute Gasteiger partial charge is 0.486 e. The van der Waals surface area contributed by atoms with E-state index in [1.165, 1.54) is 12.8 Å². The van der Waals surface area contributed by atoms with Gasteiger partial charge in [-0.05, 0) is 37.4 Å². The Hall–Kier alpha value is -0.930. The Labute approximate surface area is 106 Å². The highest BCUT2D eigenvalue weighted by Gasteiger charge is 2.19. The second kappa shape index (κ2) is 4.75. The maximum Gasteiger partial charge on any atom is 0.162 e. The SMILES string of the molecule is Clc1cc2c(cc1CC1CCCN1)OCCO2. The van der Waals surface area contributed by atoms with Crippen LogP contribution in [0.3, 0.4) is 0 Å². The number of rotatable bonds is 2. The lowest BCUT2D eigenvalue weighted by molar-refractivity contribution is 0.171. The van der Waals surface area contributed by atoms with Crippen LogP contribution in [0, 0.1) is 0 Å². The van der Waals surface area contributed by atoms with E-state index in [-0.39, 0.29) is 0 Å². The topological polar surface area (TPSA) is 30.5 Å². The van der Waals surface area contributed by atoms with Gasteiger partial charge in [-0.3, -0.25) is 0 Å². The summed E-state index contributed by atoms with van der Waals surface area (Å²) in [6.07, 6.45) is 3.45. The first-order valence-corrected chi connectivity index (χ1v) is 6.52. The van der Waals surface area contributed by atoms with E-state index in [2.05, 4.69) is 5.32 Å². The minimum Gasteiger partial charge on any atom is -0.486 e. The Morgan fingerprint density at radius 3 is 2.71 bits per heavy atom. The van der Waals surface area contributed by atoms with Crippen LogP contribution >= 0.6 is 11.6 Å². The van der Waals surface area contributed by atoms with Crippen LogP contribution in [0.25, 0.3) is 0 Å². The highest BCUT2D eigenvalue weighted by molar-refractivity contribution is 6.31. The number of ether oxygens (including phenoxy) is 2. The molecule has 0 aromatic heterocycles. The molecule has 0 aliphatic carbocycles. The second-order valence-electron chi connectivity index (χ2n) is 4.58. The van der Waals surface area contributed by atoms with Crippen LogP contribution in [-0.2, 0) is 6.42 Å². The standard InChI is InChI=1S/C13H16ClNO2/c14-11-8-13-12(16-4-5-17-13)7-9(11)6-10-2-1-3-15-10/h7-8,10,15H,1-6H2. The molecule has 1 fully saturated rings. The van der Waals surface area contributed by atoms with E-state index in [9.17, 15) is 0 Å². The van der Waals surface area contributed by atoms with E-state index in [0.717, 1.165) is 35.1 Å². The zero-order valence-electron chi connectivity index (χ0n) is 9.67. The van der Waals surface area contributed by atoms with Crippen molar-refractivity contribution in [1.29, 1.82) is 0 Å². The lowest BCUT2D eigenvalue weighted by Gasteiger charge is -2.20. The molecular weight excluding hydrogens is 238 g/mol. The Balaban J connectivity index is 1.83. The summed E-state index contributed by atoms with van der Waals surface area (Å²) >= 11 is 6.28. The molecule has 17 heavy (non-hydrogen) atoms. The molecule has 4 heteroatoms. The number of benzene rings is 1. The lowest BCUT2D eigenvalue weighted by Crippen LogP contribution is -2.24. The number of nitrogens with one attached hydrogen (secondary N) is 1. The third-order valence-corrected chi connectivity index (χ3v) is 3.69. The van der Waals surface area contributed by atoms with Crippen LogP contribution in [0.5, 0.6) is 11.5 Å². The predicted molar refractivity (Wildman–Crippen MR) is 67.2 cm³/mol. The minimum atomic E-state index is 0.551. The number of fused-ring (bicyclic) bond motifs is 1. The maximum atomic E-state index is 6.28. The Bertz CT molecular complexity index is 416. The van der Waals surface area contributed by atoms with Crippen LogP contribution in [0.1, 0.15) is 18.4 Å². The lowest BCUT2D eigenvalue weighted by atomic mass is 10.0. The molecule has 3 nitrogen and oxygen atoms in total. The molecule has 0 amide bonds. The van der Waals surface area contributed by atoms with Gasteiger partial charge in [-0.1, -0.05) is 11.6 Å². The van der Waals surface area contributed by atoms with Gasteiger partial charge >= 0.3 is 0 Å². The monoisotopic (exact) mass is 253 g/mol. The Morgan fingerprint density at radius 2 is 2.00 bits per heavy atom. The molecular formula is C13H16ClNO2. The molecule has 0 bridgehead atoms. The third kappa shape index (κ3) is 2.35. The second-order valence-corrected chi connectivity index (χ2v) is 4.99. The van der Waals surface area contributed by atoms with Gasteiger partial charge in [0, 0.05) is 17.1 Å². The van der Waals surface area contributed by atoms with Crippen molar-refractivity contribution in [2.45, 2.75) is 25.3 Å². The van der Waals surface area contributed by atoms with Gasteiger partial charge in [0.2, 0.25) is 0 Å². The average molecular weight is 254 g/mol. The summed E-state index contributed by atoms with van der Waals surface area (Å²) in [5.74, 6) is 1.60. The van der Waals surface area contributed by atoms with E-state index in [0.29, 0.717) is 19.3 Å². The zero-order chi connectivity index (χ0) is 11.7. The van der Waals surface area contributed by atoms with Crippen molar-refractivity contribution >= 4 is 11.6 Å². The van der Waals surface area contributed by atoms with E-state index >= 15 is 0 Å². The van der Waals surface area contributed by atoms with E-state index in [1.807, 2.05) is 12.1 Å². The summed E-state index contributed by atoms with van der Waals surface area (Å²) < 4.78 is 11.1. The van der Waals surface area contributed by atoms with Gasteiger partial charge in [-0.2, -0.15) is 0 Å². The minimum absolute atomic E-state index is 0.551. The fraction of sp³-hybridized carbons (Fsp3) is 0.538. The summed E-state index contributed by atoms with van der Waals surface area (Å²) in [5.41, 5.74) is 1.15. The molecule has 0 saturated carbocycles. The fourth-order valence-electron chi connectivity index (χ4n) is 2.46. The first-order valence-electron chi connectivity index (χ1n) is 6.14. The van der Waals surface area contributed by atoms with E-state index < -0.39 is 0 Å². The van der Waals surface area contributed by atoms with Crippen molar-refractivity contribution in [2.75, 3.05) is 19.8 Å². The van der Waals surface area contributed by atoms with E-state index in [4.69, 9.17) is 21.1 Å². The van der Waals surface area contributed by atoms with Gasteiger partial charge in [0.05, 0.1) is 0 Å². The molecule has 2 aliphatic heterocycles. The summed E-state index contributed by atoms with van der Waals surface area (Å²) in [7, 11) is 0. The highest BCUT2D eigenvalue weighted by atomic mass is 35.5. The predicted octanol–water partition coefficient (Wildman–Crippen LogP) is 2.41. The number of hydrogen-bond acceptors (Lipinski definition) is 3. The smallest absolute Gasteiger partial charge is 0.162 e. The van der Waals surface area contributed by atoms with Crippen molar-refractivity contribution in [3.63, 3.8) is 0 Å². The van der Waals surface area contributed by atoms with Crippen molar-refractivity contribution in [3.05, 3.63) is 22.7 Å². The number of hydrogen-bond donors (Lipinski definition) is 1. The molecule has 1 N–H and O–H groups in total. The molecule has 3 rings (SSSR count). The molecule has 1 atom stereocenters. The van der Waals surface area contributed by atoms with Gasteiger partial charge in [0.15, 0.2) is 11.5 Å². The molecule has 1 aromatic carbocycles. The molecule has 1 aromatic rings. The van der Waals surface area contributed by atoms with Gasteiger partial charge in [-0.25, -0.2) is 0 Å². The maximum absolute atomic E-state index is 6.28. The van der Waals surface area contributed by atoms with Crippen LogP contribution < -0.4 is 14.8 Å². The molecule has 1 unspecified atom stereocenters. The molecule has 2 heterocycles. The first kappa shape index (κ1) is 11.2. The van der Waals surface area contributed by atoms with E-state index in [1.54, 1.807) is 0 Å². The fourth-order valence-corrected chi connectivity index (χ4v) is 2.69. The zero-order valence-corrected chi connectivity index (χ0v) is 10.4. The van der Waals surface area contributed by atoms with Gasteiger partial charge < -0.3 is 14.8 Å². The summed E-state index contributed by atoms with van der Waals surface area (Å²) in [4.78, 5) is 0. The van der Waals surface area contributed by atoms with Crippen LogP contribution in [0.2, 0.25) is 5.02 Å². The van der Waals surface area contributed by atoms with Crippen LogP contribution in [0.15, 0.2) is 12.1 Å². The van der Waals surface area contributed by atoms with Crippen molar-refractivity contribution in [2.24, 2.45) is 0 Å². The molecule has 2 aliphatic rings. The highest BCUT2D eigenvalue weighted by Crippen LogP contribution is 2.36. The number of halogens is 1. The quantitative estimate of drug-likeness (QED) is 0.878. The summed E-state index contributed by atoms with van der Waals surface area (Å²) in [6, 6.07) is 4.45. The first-order chi connectivity index (χ1) is 8.33. The van der Waals surface area contributed by atoms with Crippen LogP contribution in [-0.4, -0.2) is 25.8 Å².